The largest absolute Gasteiger partial charge is 0.484 e. The van der Waals surface area contributed by atoms with E-state index in [2.05, 4.69) is 9.80 Å². The van der Waals surface area contributed by atoms with Gasteiger partial charge in [0.1, 0.15) is 5.75 Å². The third-order valence-electron chi connectivity index (χ3n) is 6.09. The molecule has 0 saturated carbocycles. The van der Waals surface area contributed by atoms with Gasteiger partial charge in [-0.3, -0.25) is 14.6 Å². The summed E-state index contributed by atoms with van der Waals surface area (Å²) in [6.07, 6.45) is 0.801. The van der Waals surface area contributed by atoms with E-state index < -0.39 is 5.60 Å². The molecular formula is C22H33N3O5. The molecule has 0 aliphatic carbocycles. The van der Waals surface area contributed by atoms with Crippen LogP contribution in [0.2, 0.25) is 0 Å². The number of hydrogen-bond acceptors (Lipinski definition) is 7. The van der Waals surface area contributed by atoms with Crippen LogP contribution in [0.3, 0.4) is 0 Å². The number of amides is 1. The molecule has 3 heterocycles. The summed E-state index contributed by atoms with van der Waals surface area (Å²) in [7, 11) is 0. The average molecular weight is 420 g/mol. The van der Waals surface area contributed by atoms with Crippen LogP contribution in [0.15, 0.2) is 24.3 Å². The molecule has 0 aromatic heterocycles. The van der Waals surface area contributed by atoms with Crippen LogP contribution in [0.5, 0.6) is 5.75 Å². The predicted octanol–water partition coefficient (Wildman–Crippen LogP) is 0.193. The van der Waals surface area contributed by atoms with Gasteiger partial charge in [0.15, 0.2) is 6.61 Å². The number of carbonyl (C=O) groups excluding carboxylic acids is 1. The number of hydrogen-bond donors (Lipinski definition) is 1. The molecule has 0 radical (unpaired) electrons. The molecule has 166 valence electrons. The second-order valence-electron chi connectivity index (χ2n) is 8.50. The summed E-state index contributed by atoms with van der Waals surface area (Å²) in [5.74, 6) is 0.699. The maximum absolute atomic E-state index is 12.2. The van der Waals surface area contributed by atoms with Crippen molar-refractivity contribution in [3.05, 3.63) is 29.8 Å². The molecule has 3 saturated heterocycles. The fourth-order valence-corrected chi connectivity index (χ4v) is 4.38. The molecule has 0 bridgehead atoms. The highest BCUT2D eigenvalue weighted by atomic mass is 16.5. The van der Waals surface area contributed by atoms with Crippen molar-refractivity contribution in [3.63, 3.8) is 0 Å². The minimum atomic E-state index is -0.639. The van der Waals surface area contributed by atoms with Gasteiger partial charge in [-0.1, -0.05) is 12.1 Å². The van der Waals surface area contributed by atoms with E-state index in [1.807, 2.05) is 24.3 Å². The maximum Gasteiger partial charge on any atom is 0.260 e. The minimum absolute atomic E-state index is 0.000929. The molecule has 1 aromatic rings. The van der Waals surface area contributed by atoms with Gasteiger partial charge in [-0.05, 0) is 24.1 Å². The highest BCUT2D eigenvalue weighted by molar-refractivity contribution is 5.77. The van der Waals surface area contributed by atoms with Gasteiger partial charge in [0, 0.05) is 52.4 Å². The molecule has 1 unspecified atom stereocenters. The van der Waals surface area contributed by atoms with Gasteiger partial charge in [-0.15, -0.1) is 0 Å². The van der Waals surface area contributed by atoms with Gasteiger partial charge in [0.2, 0.25) is 0 Å². The number of benzene rings is 1. The van der Waals surface area contributed by atoms with E-state index in [1.165, 1.54) is 5.56 Å². The molecule has 1 aromatic carbocycles. The number of nitrogens with zero attached hydrogens (tertiary/aromatic N) is 3. The van der Waals surface area contributed by atoms with Crippen molar-refractivity contribution in [3.8, 4) is 5.75 Å². The van der Waals surface area contributed by atoms with Gasteiger partial charge in [0.05, 0.1) is 32.0 Å². The lowest BCUT2D eigenvalue weighted by atomic mass is 10.0. The van der Waals surface area contributed by atoms with Gasteiger partial charge >= 0.3 is 0 Å². The summed E-state index contributed by atoms with van der Waals surface area (Å²) >= 11 is 0. The van der Waals surface area contributed by atoms with E-state index >= 15 is 0 Å². The minimum Gasteiger partial charge on any atom is -0.484 e. The first-order chi connectivity index (χ1) is 14.6. The first-order valence-electron chi connectivity index (χ1n) is 10.9. The van der Waals surface area contributed by atoms with Crippen LogP contribution in [0.25, 0.3) is 0 Å². The highest BCUT2D eigenvalue weighted by Gasteiger charge is 2.37. The van der Waals surface area contributed by atoms with Gasteiger partial charge in [-0.2, -0.15) is 0 Å². The van der Waals surface area contributed by atoms with E-state index in [-0.39, 0.29) is 12.5 Å². The number of morpholine rings is 2. The van der Waals surface area contributed by atoms with E-state index in [0.29, 0.717) is 38.6 Å². The highest BCUT2D eigenvalue weighted by Crippen LogP contribution is 2.25. The summed E-state index contributed by atoms with van der Waals surface area (Å²) in [4.78, 5) is 18.6. The monoisotopic (exact) mass is 419 g/mol. The van der Waals surface area contributed by atoms with Crippen molar-refractivity contribution in [1.82, 2.24) is 14.7 Å². The van der Waals surface area contributed by atoms with Crippen molar-refractivity contribution in [1.29, 1.82) is 0 Å². The van der Waals surface area contributed by atoms with E-state index in [0.717, 1.165) is 52.4 Å². The zero-order chi connectivity index (χ0) is 20.8. The molecule has 1 amide bonds. The maximum atomic E-state index is 12.2. The second kappa shape index (κ2) is 10.1. The Labute approximate surface area is 178 Å². The van der Waals surface area contributed by atoms with Crippen LogP contribution >= 0.6 is 0 Å². The third kappa shape index (κ3) is 5.92. The van der Waals surface area contributed by atoms with Crippen molar-refractivity contribution in [2.75, 3.05) is 78.8 Å². The van der Waals surface area contributed by atoms with Crippen LogP contribution in [-0.4, -0.2) is 110 Å². The summed E-state index contributed by atoms with van der Waals surface area (Å²) in [5, 5.41) is 11.0. The summed E-state index contributed by atoms with van der Waals surface area (Å²) in [6.45, 7) is 8.94. The fraction of sp³-hybridized carbons (Fsp3) is 0.682. The number of β-amino-alcohol motifs (C(OH)–C–C–N with tert-alkyl or cyclic N) is 1. The second-order valence-corrected chi connectivity index (χ2v) is 8.50. The first kappa shape index (κ1) is 21.5. The molecule has 1 N–H and O–H groups in total. The fourth-order valence-electron chi connectivity index (χ4n) is 4.38. The summed E-state index contributed by atoms with van der Waals surface area (Å²) < 4.78 is 16.3. The average Bonchev–Trinajstić information content (AvgIpc) is 3.14. The van der Waals surface area contributed by atoms with Crippen molar-refractivity contribution >= 4 is 5.91 Å². The Morgan fingerprint density at radius 1 is 0.967 bits per heavy atom. The normalized spacial score (nSPS) is 26.1. The zero-order valence-corrected chi connectivity index (χ0v) is 17.6. The van der Waals surface area contributed by atoms with Gasteiger partial charge < -0.3 is 24.2 Å². The predicted molar refractivity (Wildman–Crippen MR) is 111 cm³/mol. The topological polar surface area (TPSA) is 74.7 Å². The molecule has 0 spiro atoms. The number of ether oxygens (including phenoxy) is 3. The molecule has 1 atom stereocenters. The molecule has 30 heavy (non-hydrogen) atoms. The molecule has 3 aliphatic rings. The van der Waals surface area contributed by atoms with Crippen molar-refractivity contribution in [2.24, 2.45) is 0 Å². The van der Waals surface area contributed by atoms with Gasteiger partial charge in [0.25, 0.3) is 5.91 Å². The smallest absolute Gasteiger partial charge is 0.260 e. The Bertz CT molecular complexity index is 689. The third-order valence-corrected chi connectivity index (χ3v) is 6.09. The van der Waals surface area contributed by atoms with E-state index in [4.69, 9.17) is 14.2 Å². The first-order valence-corrected chi connectivity index (χ1v) is 10.9. The van der Waals surface area contributed by atoms with Crippen molar-refractivity contribution in [2.45, 2.75) is 18.6 Å². The van der Waals surface area contributed by atoms with Crippen LogP contribution in [-0.2, 0) is 20.8 Å². The lowest BCUT2D eigenvalue weighted by Crippen LogP contribution is -2.48. The summed E-state index contributed by atoms with van der Waals surface area (Å²) in [6, 6.07) is 7.90. The Morgan fingerprint density at radius 3 is 2.33 bits per heavy atom. The Morgan fingerprint density at radius 2 is 1.63 bits per heavy atom. The molecule has 4 rings (SSSR count). The Kier molecular flexibility index (Phi) is 7.22. The number of aliphatic hydroxyl groups is 1. The van der Waals surface area contributed by atoms with Gasteiger partial charge in [-0.25, -0.2) is 0 Å². The SMILES string of the molecule is O=C(COc1ccc(CN2CCC(O)(CN3CCOCC3)C2)cc1)N1CCOCC1. The van der Waals surface area contributed by atoms with E-state index in [9.17, 15) is 9.90 Å². The summed E-state index contributed by atoms with van der Waals surface area (Å²) in [5.41, 5.74) is 0.540. The zero-order valence-electron chi connectivity index (χ0n) is 17.6. The molecule has 8 heteroatoms. The Hall–Kier alpha value is -1.71. The lowest BCUT2D eigenvalue weighted by molar-refractivity contribution is -0.137. The lowest BCUT2D eigenvalue weighted by Gasteiger charge is -2.33. The number of rotatable bonds is 7. The molecular weight excluding hydrogens is 386 g/mol. The quantitative estimate of drug-likeness (QED) is 0.676. The number of likely N-dealkylation sites (tertiary alicyclic amines) is 1. The standard InChI is InChI=1S/C22H33N3O5/c26-21(25-9-13-29-14-10-25)16-30-20-3-1-19(2-4-20)15-24-6-5-22(27,18-24)17-23-7-11-28-12-8-23/h1-4,27H,5-18H2. The van der Waals surface area contributed by atoms with Crippen LogP contribution in [0, 0.1) is 0 Å². The van der Waals surface area contributed by atoms with Crippen LogP contribution in [0.1, 0.15) is 12.0 Å². The van der Waals surface area contributed by atoms with Crippen molar-refractivity contribution < 1.29 is 24.1 Å². The molecule has 3 fully saturated rings. The molecule has 3 aliphatic heterocycles. The molecule has 8 nitrogen and oxygen atoms in total. The van der Waals surface area contributed by atoms with Crippen LogP contribution in [0.4, 0.5) is 0 Å². The number of carbonyl (C=O) groups is 1. The van der Waals surface area contributed by atoms with E-state index in [1.54, 1.807) is 4.90 Å². The van der Waals surface area contributed by atoms with Crippen LogP contribution < -0.4 is 4.74 Å². The Balaban J connectivity index is 1.21.